The normalized spacial score (nSPS) is 17.7. The Labute approximate surface area is 118 Å². The number of benzene rings is 1. The van der Waals surface area contributed by atoms with Gasteiger partial charge >= 0.3 is 0 Å². The zero-order valence-electron chi connectivity index (χ0n) is 12.1. The predicted octanol–water partition coefficient (Wildman–Crippen LogP) is 1.57. The molecule has 0 saturated heterocycles. The van der Waals surface area contributed by atoms with Crippen LogP contribution in [0.1, 0.15) is 20.8 Å². The fourth-order valence-electron chi connectivity index (χ4n) is 2.04. The van der Waals surface area contributed by atoms with Gasteiger partial charge in [-0.25, -0.2) is 0 Å². The van der Waals surface area contributed by atoms with Crippen LogP contribution in [-0.2, 0) is 9.59 Å². The minimum atomic E-state index is -0.567. The van der Waals surface area contributed by atoms with Crippen molar-refractivity contribution in [1.29, 1.82) is 0 Å². The van der Waals surface area contributed by atoms with E-state index in [2.05, 4.69) is 5.32 Å². The van der Waals surface area contributed by atoms with Gasteiger partial charge in [0.2, 0.25) is 5.91 Å². The van der Waals surface area contributed by atoms with Gasteiger partial charge in [0.1, 0.15) is 12.3 Å². The number of carbonyl (C=O) groups is 2. The van der Waals surface area contributed by atoms with Crippen molar-refractivity contribution in [2.75, 3.05) is 18.0 Å². The zero-order chi connectivity index (χ0) is 14.7. The first-order valence-electron chi connectivity index (χ1n) is 6.82. The lowest BCUT2D eigenvalue weighted by atomic mass is 10.2. The molecule has 1 aliphatic rings. The summed E-state index contributed by atoms with van der Waals surface area (Å²) in [5.74, 6) is 0.668. The van der Waals surface area contributed by atoms with Crippen LogP contribution in [0.5, 0.6) is 5.75 Å². The van der Waals surface area contributed by atoms with Crippen LogP contribution in [0.15, 0.2) is 24.3 Å². The van der Waals surface area contributed by atoms with E-state index in [1.807, 2.05) is 26.0 Å². The summed E-state index contributed by atoms with van der Waals surface area (Å²) >= 11 is 0. The summed E-state index contributed by atoms with van der Waals surface area (Å²) in [5.41, 5.74) is 0.648. The lowest BCUT2D eigenvalue weighted by Crippen LogP contribution is -2.49. The van der Waals surface area contributed by atoms with Crippen molar-refractivity contribution in [3.63, 3.8) is 0 Å². The van der Waals surface area contributed by atoms with Crippen LogP contribution in [0.3, 0.4) is 0 Å². The number of fused-ring (bicyclic) bond motifs is 1. The van der Waals surface area contributed by atoms with E-state index in [1.165, 1.54) is 4.90 Å². The average Bonchev–Trinajstić information content (AvgIpc) is 2.41. The quantitative estimate of drug-likeness (QED) is 0.908. The first-order chi connectivity index (χ1) is 9.49. The summed E-state index contributed by atoms with van der Waals surface area (Å²) < 4.78 is 5.53. The highest BCUT2D eigenvalue weighted by atomic mass is 16.5. The number of anilines is 1. The second-order valence-electron chi connectivity index (χ2n) is 5.35. The molecule has 0 aliphatic carbocycles. The zero-order valence-corrected chi connectivity index (χ0v) is 12.1. The SMILES string of the molecule is CC(C)CNC(=O)CN1C(=O)[C@H](C)Oc2ccccc21. The van der Waals surface area contributed by atoms with Crippen molar-refractivity contribution >= 4 is 17.5 Å². The second kappa shape index (κ2) is 5.94. The smallest absolute Gasteiger partial charge is 0.268 e. The molecule has 1 aliphatic heterocycles. The van der Waals surface area contributed by atoms with Crippen LogP contribution < -0.4 is 15.0 Å². The molecule has 0 aromatic heterocycles. The molecule has 108 valence electrons. The number of rotatable bonds is 4. The summed E-state index contributed by atoms with van der Waals surface area (Å²) in [6, 6.07) is 7.26. The monoisotopic (exact) mass is 276 g/mol. The Balaban J connectivity index is 2.13. The van der Waals surface area contributed by atoms with Crippen molar-refractivity contribution in [2.45, 2.75) is 26.9 Å². The molecule has 0 radical (unpaired) electrons. The molecule has 0 unspecified atom stereocenters. The average molecular weight is 276 g/mol. The third-order valence-corrected chi connectivity index (χ3v) is 3.08. The highest BCUT2D eigenvalue weighted by Crippen LogP contribution is 2.33. The molecule has 2 rings (SSSR count). The maximum absolute atomic E-state index is 12.2. The third-order valence-electron chi connectivity index (χ3n) is 3.08. The van der Waals surface area contributed by atoms with Crippen molar-refractivity contribution in [2.24, 2.45) is 5.92 Å². The van der Waals surface area contributed by atoms with Crippen LogP contribution in [0.4, 0.5) is 5.69 Å². The van der Waals surface area contributed by atoms with Crippen LogP contribution in [-0.4, -0.2) is 31.0 Å². The molecule has 0 fully saturated rings. The van der Waals surface area contributed by atoms with E-state index in [0.29, 0.717) is 23.9 Å². The summed E-state index contributed by atoms with van der Waals surface area (Å²) in [4.78, 5) is 25.6. The van der Waals surface area contributed by atoms with E-state index in [-0.39, 0.29) is 18.4 Å². The Morgan fingerprint density at radius 1 is 1.40 bits per heavy atom. The molecule has 5 heteroatoms. The van der Waals surface area contributed by atoms with Gasteiger partial charge in [-0.1, -0.05) is 26.0 Å². The van der Waals surface area contributed by atoms with E-state index >= 15 is 0 Å². The minimum absolute atomic E-state index is 0.0241. The van der Waals surface area contributed by atoms with Gasteiger partial charge in [-0.15, -0.1) is 0 Å². The Hall–Kier alpha value is -2.04. The maximum Gasteiger partial charge on any atom is 0.268 e. The topological polar surface area (TPSA) is 58.6 Å². The van der Waals surface area contributed by atoms with Crippen LogP contribution in [0.2, 0.25) is 0 Å². The number of hydrogen-bond donors (Lipinski definition) is 1. The molecule has 5 nitrogen and oxygen atoms in total. The minimum Gasteiger partial charge on any atom is -0.479 e. The van der Waals surface area contributed by atoms with Crippen molar-refractivity contribution in [3.05, 3.63) is 24.3 Å². The Kier molecular flexibility index (Phi) is 4.27. The number of nitrogens with one attached hydrogen (secondary N) is 1. The second-order valence-corrected chi connectivity index (χ2v) is 5.35. The number of para-hydroxylation sites is 2. The maximum atomic E-state index is 12.2. The van der Waals surface area contributed by atoms with E-state index in [4.69, 9.17) is 4.74 Å². The molecule has 1 aromatic carbocycles. The number of nitrogens with zero attached hydrogens (tertiary/aromatic N) is 1. The molecule has 2 amide bonds. The van der Waals surface area contributed by atoms with Gasteiger partial charge in [0.05, 0.1) is 5.69 Å². The van der Waals surface area contributed by atoms with Gasteiger partial charge in [-0.05, 0) is 25.0 Å². The highest BCUT2D eigenvalue weighted by molar-refractivity contribution is 6.03. The van der Waals surface area contributed by atoms with Crippen molar-refractivity contribution in [1.82, 2.24) is 5.32 Å². The molecular weight excluding hydrogens is 256 g/mol. The molecule has 0 spiro atoms. The van der Waals surface area contributed by atoms with Crippen LogP contribution >= 0.6 is 0 Å². The molecule has 1 atom stereocenters. The fourth-order valence-corrected chi connectivity index (χ4v) is 2.04. The molecule has 1 aromatic rings. The summed E-state index contributed by atoms with van der Waals surface area (Å²) in [6.45, 7) is 6.37. The van der Waals surface area contributed by atoms with Crippen LogP contribution in [0.25, 0.3) is 0 Å². The van der Waals surface area contributed by atoms with E-state index in [1.54, 1.807) is 19.1 Å². The Bertz CT molecular complexity index is 514. The van der Waals surface area contributed by atoms with Crippen molar-refractivity contribution in [3.8, 4) is 5.75 Å². The first-order valence-corrected chi connectivity index (χ1v) is 6.82. The van der Waals surface area contributed by atoms with E-state index < -0.39 is 6.10 Å². The summed E-state index contributed by atoms with van der Waals surface area (Å²) in [5, 5.41) is 2.82. The number of carbonyl (C=O) groups excluding carboxylic acids is 2. The largest absolute Gasteiger partial charge is 0.479 e. The lowest BCUT2D eigenvalue weighted by Gasteiger charge is -2.32. The molecule has 1 N–H and O–H groups in total. The highest BCUT2D eigenvalue weighted by Gasteiger charge is 2.32. The van der Waals surface area contributed by atoms with Gasteiger partial charge in [-0.3, -0.25) is 14.5 Å². The van der Waals surface area contributed by atoms with Gasteiger partial charge in [0.15, 0.2) is 6.10 Å². The summed E-state index contributed by atoms with van der Waals surface area (Å²) in [7, 11) is 0. The number of amides is 2. The van der Waals surface area contributed by atoms with Gasteiger partial charge in [0, 0.05) is 6.54 Å². The van der Waals surface area contributed by atoms with Gasteiger partial charge in [0.25, 0.3) is 5.91 Å². The molecule has 1 heterocycles. The molecule has 0 bridgehead atoms. The molecule has 20 heavy (non-hydrogen) atoms. The number of ether oxygens (including phenoxy) is 1. The standard InChI is InChI=1S/C15H20N2O3/c1-10(2)8-16-14(18)9-17-12-6-4-5-7-13(12)20-11(3)15(17)19/h4-7,10-11H,8-9H2,1-3H3,(H,16,18)/t11-/m0/s1. The van der Waals surface area contributed by atoms with E-state index in [9.17, 15) is 9.59 Å². The van der Waals surface area contributed by atoms with Gasteiger partial charge in [-0.2, -0.15) is 0 Å². The van der Waals surface area contributed by atoms with Crippen molar-refractivity contribution < 1.29 is 14.3 Å². The first kappa shape index (κ1) is 14.4. The molecular formula is C15H20N2O3. The predicted molar refractivity (Wildman–Crippen MR) is 76.7 cm³/mol. The third kappa shape index (κ3) is 3.10. The lowest BCUT2D eigenvalue weighted by molar-refractivity contribution is -0.128. The molecule has 0 saturated carbocycles. The van der Waals surface area contributed by atoms with Gasteiger partial charge < -0.3 is 10.1 Å². The Morgan fingerprint density at radius 2 is 2.10 bits per heavy atom. The summed E-state index contributed by atoms with van der Waals surface area (Å²) in [6.07, 6.45) is -0.567. The van der Waals surface area contributed by atoms with Crippen LogP contribution in [0, 0.1) is 5.92 Å². The number of hydrogen-bond acceptors (Lipinski definition) is 3. The fraction of sp³-hybridized carbons (Fsp3) is 0.467. The van der Waals surface area contributed by atoms with E-state index in [0.717, 1.165) is 0 Å². The Morgan fingerprint density at radius 3 is 2.80 bits per heavy atom.